The van der Waals surface area contributed by atoms with Crippen molar-refractivity contribution in [3.8, 4) is 5.75 Å². The maximum atomic E-state index is 10.8. The van der Waals surface area contributed by atoms with Gasteiger partial charge in [0.1, 0.15) is 11.6 Å². The summed E-state index contributed by atoms with van der Waals surface area (Å²) in [6.07, 6.45) is 4.27. The molecule has 1 aromatic carbocycles. The Hall–Kier alpha value is -2.34. The van der Waals surface area contributed by atoms with Crippen LogP contribution in [0.4, 0.5) is 0 Å². The zero-order chi connectivity index (χ0) is 17.1. The minimum Gasteiger partial charge on any atom is -0.482 e. The largest absolute Gasteiger partial charge is 0.482 e. The molecular formula is C18H23N3O3. The van der Waals surface area contributed by atoms with E-state index < -0.39 is 5.97 Å². The molecule has 2 aromatic rings. The minimum atomic E-state index is -0.965. The summed E-state index contributed by atoms with van der Waals surface area (Å²) in [4.78, 5) is 17.8. The van der Waals surface area contributed by atoms with Crippen LogP contribution in [-0.2, 0) is 18.4 Å². The number of rotatable bonds is 6. The summed E-state index contributed by atoms with van der Waals surface area (Å²) in [5.41, 5.74) is 2.04. The molecular weight excluding hydrogens is 306 g/mol. The third kappa shape index (κ3) is 3.59. The predicted molar refractivity (Wildman–Crippen MR) is 89.9 cm³/mol. The molecule has 0 amide bonds. The number of hydrogen-bond donors (Lipinski definition) is 1. The summed E-state index contributed by atoms with van der Waals surface area (Å²) >= 11 is 0. The van der Waals surface area contributed by atoms with Gasteiger partial charge in [0, 0.05) is 25.4 Å². The lowest BCUT2D eigenvalue weighted by molar-refractivity contribution is -0.139. The SMILES string of the molecule is Cc1cn(C)c([C@@H]2CCCN2Cc2ccccc2OCC(=O)O)n1. The van der Waals surface area contributed by atoms with Crippen LogP contribution < -0.4 is 4.74 Å². The second kappa shape index (κ2) is 7.05. The molecule has 0 saturated carbocycles. The van der Waals surface area contributed by atoms with E-state index in [1.54, 1.807) is 0 Å². The molecule has 6 nitrogen and oxygen atoms in total. The van der Waals surface area contributed by atoms with Crippen LogP contribution in [0.2, 0.25) is 0 Å². The molecule has 1 aliphatic rings. The van der Waals surface area contributed by atoms with Crippen LogP contribution in [0.1, 0.15) is 36.0 Å². The van der Waals surface area contributed by atoms with E-state index in [9.17, 15) is 4.79 Å². The topological polar surface area (TPSA) is 67.6 Å². The third-order valence-electron chi connectivity index (χ3n) is 4.39. The van der Waals surface area contributed by atoms with Crippen LogP contribution in [0.15, 0.2) is 30.5 Å². The van der Waals surface area contributed by atoms with Crippen molar-refractivity contribution < 1.29 is 14.6 Å². The minimum absolute atomic E-state index is 0.288. The highest BCUT2D eigenvalue weighted by Crippen LogP contribution is 2.33. The molecule has 1 saturated heterocycles. The van der Waals surface area contributed by atoms with Crippen molar-refractivity contribution in [2.75, 3.05) is 13.2 Å². The Morgan fingerprint density at radius 2 is 2.21 bits per heavy atom. The molecule has 1 fully saturated rings. The first kappa shape index (κ1) is 16.5. The number of aliphatic carboxylic acids is 1. The Bertz CT molecular complexity index is 726. The van der Waals surface area contributed by atoms with Crippen molar-refractivity contribution in [2.45, 2.75) is 32.4 Å². The number of hydrogen-bond acceptors (Lipinski definition) is 4. The second-order valence-electron chi connectivity index (χ2n) is 6.27. The summed E-state index contributed by atoms with van der Waals surface area (Å²) in [5.74, 6) is 0.767. The molecule has 6 heteroatoms. The molecule has 1 aromatic heterocycles. The van der Waals surface area contributed by atoms with Crippen LogP contribution in [-0.4, -0.2) is 38.7 Å². The van der Waals surface area contributed by atoms with E-state index >= 15 is 0 Å². The van der Waals surface area contributed by atoms with Crippen molar-refractivity contribution in [2.24, 2.45) is 7.05 Å². The summed E-state index contributed by atoms with van der Waals surface area (Å²) < 4.78 is 7.53. The number of carboxylic acid groups (broad SMARTS) is 1. The molecule has 128 valence electrons. The first-order valence-electron chi connectivity index (χ1n) is 8.21. The molecule has 1 aliphatic heterocycles. The van der Waals surface area contributed by atoms with Gasteiger partial charge >= 0.3 is 5.97 Å². The maximum absolute atomic E-state index is 10.8. The van der Waals surface area contributed by atoms with Gasteiger partial charge in [0.15, 0.2) is 6.61 Å². The summed E-state index contributed by atoms with van der Waals surface area (Å²) in [6.45, 7) is 3.42. The fraction of sp³-hybridized carbons (Fsp3) is 0.444. The molecule has 1 N–H and O–H groups in total. The molecule has 24 heavy (non-hydrogen) atoms. The van der Waals surface area contributed by atoms with Gasteiger partial charge in [-0.1, -0.05) is 18.2 Å². The summed E-state index contributed by atoms with van der Waals surface area (Å²) in [7, 11) is 2.04. The Morgan fingerprint density at radius 3 is 2.92 bits per heavy atom. The Morgan fingerprint density at radius 1 is 1.42 bits per heavy atom. The molecule has 0 spiro atoms. The number of benzene rings is 1. The molecule has 0 bridgehead atoms. The maximum Gasteiger partial charge on any atom is 0.341 e. The van der Waals surface area contributed by atoms with Crippen molar-refractivity contribution >= 4 is 5.97 Å². The number of imidazole rings is 1. The normalized spacial score (nSPS) is 18.0. The van der Waals surface area contributed by atoms with E-state index in [1.165, 1.54) is 0 Å². The van der Waals surface area contributed by atoms with Gasteiger partial charge < -0.3 is 14.4 Å². The number of ether oxygens (including phenoxy) is 1. The van der Waals surface area contributed by atoms with Crippen LogP contribution in [0, 0.1) is 6.92 Å². The quantitative estimate of drug-likeness (QED) is 0.882. The van der Waals surface area contributed by atoms with E-state index in [0.29, 0.717) is 5.75 Å². The number of carboxylic acids is 1. The van der Waals surface area contributed by atoms with Crippen molar-refractivity contribution in [3.05, 3.63) is 47.5 Å². The van der Waals surface area contributed by atoms with Gasteiger partial charge in [-0.25, -0.2) is 9.78 Å². The second-order valence-corrected chi connectivity index (χ2v) is 6.27. The fourth-order valence-corrected chi connectivity index (χ4v) is 3.39. The van der Waals surface area contributed by atoms with Crippen molar-refractivity contribution in [3.63, 3.8) is 0 Å². The van der Waals surface area contributed by atoms with E-state index in [-0.39, 0.29) is 12.6 Å². The van der Waals surface area contributed by atoms with Gasteiger partial charge in [0.25, 0.3) is 0 Å². The Balaban J connectivity index is 1.78. The Labute approximate surface area is 141 Å². The summed E-state index contributed by atoms with van der Waals surface area (Å²) in [6, 6.07) is 7.93. The average Bonchev–Trinajstić information content (AvgIpc) is 3.12. The highest BCUT2D eigenvalue weighted by molar-refractivity contribution is 5.68. The number of para-hydroxylation sites is 1. The van der Waals surface area contributed by atoms with E-state index in [4.69, 9.17) is 9.84 Å². The van der Waals surface area contributed by atoms with Crippen molar-refractivity contribution in [1.29, 1.82) is 0 Å². The first-order valence-corrected chi connectivity index (χ1v) is 8.21. The number of nitrogens with zero attached hydrogens (tertiary/aromatic N) is 3. The number of aryl methyl sites for hydroxylation is 2. The molecule has 0 unspecified atom stereocenters. The smallest absolute Gasteiger partial charge is 0.341 e. The van der Waals surface area contributed by atoms with Gasteiger partial charge in [-0.2, -0.15) is 0 Å². The highest BCUT2D eigenvalue weighted by Gasteiger charge is 2.29. The van der Waals surface area contributed by atoms with Crippen molar-refractivity contribution in [1.82, 2.24) is 14.5 Å². The van der Waals surface area contributed by atoms with E-state index in [1.807, 2.05) is 38.2 Å². The first-order chi connectivity index (χ1) is 11.5. The van der Waals surface area contributed by atoms with Crippen LogP contribution in [0.5, 0.6) is 5.75 Å². The highest BCUT2D eigenvalue weighted by atomic mass is 16.5. The van der Waals surface area contributed by atoms with Crippen LogP contribution >= 0.6 is 0 Å². The number of likely N-dealkylation sites (tertiary alicyclic amines) is 1. The number of aromatic nitrogens is 2. The van der Waals surface area contributed by atoms with Crippen LogP contribution in [0.25, 0.3) is 0 Å². The van der Waals surface area contributed by atoms with Crippen LogP contribution in [0.3, 0.4) is 0 Å². The lowest BCUT2D eigenvalue weighted by atomic mass is 10.1. The average molecular weight is 329 g/mol. The number of carbonyl (C=O) groups is 1. The Kier molecular flexibility index (Phi) is 4.85. The van der Waals surface area contributed by atoms with Gasteiger partial charge in [0.05, 0.1) is 11.7 Å². The lowest BCUT2D eigenvalue weighted by Crippen LogP contribution is -2.25. The van der Waals surface area contributed by atoms with Gasteiger partial charge in [0.2, 0.25) is 0 Å². The fourth-order valence-electron chi connectivity index (χ4n) is 3.39. The predicted octanol–water partition coefficient (Wildman–Crippen LogP) is 2.53. The van der Waals surface area contributed by atoms with E-state index in [0.717, 1.165) is 43.0 Å². The zero-order valence-electron chi connectivity index (χ0n) is 14.1. The molecule has 1 atom stereocenters. The van der Waals surface area contributed by atoms with Gasteiger partial charge in [-0.05, 0) is 32.4 Å². The lowest BCUT2D eigenvalue weighted by Gasteiger charge is -2.25. The standard InChI is InChI=1S/C18H23N3O3/c1-13-10-20(2)18(19-13)15-7-5-9-21(15)11-14-6-3-4-8-16(14)24-12-17(22)23/h3-4,6,8,10,15H,5,7,9,11-12H2,1-2H3,(H,22,23)/t15-/m0/s1. The third-order valence-corrected chi connectivity index (χ3v) is 4.39. The molecule has 2 heterocycles. The summed E-state index contributed by atoms with van der Waals surface area (Å²) in [5, 5.41) is 8.83. The molecule has 0 aliphatic carbocycles. The van der Waals surface area contributed by atoms with E-state index in [2.05, 4.69) is 20.6 Å². The molecule has 3 rings (SSSR count). The zero-order valence-corrected chi connectivity index (χ0v) is 14.1. The van der Waals surface area contributed by atoms with Gasteiger partial charge in [-0.15, -0.1) is 0 Å². The van der Waals surface area contributed by atoms with Gasteiger partial charge in [-0.3, -0.25) is 4.90 Å². The molecule has 0 radical (unpaired) electrons. The monoisotopic (exact) mass is 329 g/mol.